The van der Waals surface area contributed by atoms with Gasteiger partial charge in [-0.3, -0.25) is 4.68 Å². The molecular formula is C25H27N3O4. The van der Waals surface area contributed by atoms with Crippen molar-refractivity contribution in [1.29, 1.82) is 0 Å². The number of hydrogen-bond acceptors (Lipinski definition) is 4. The minimum atomic E-state index is -1.18. The van der Waals surface area contributed by atoms with Gasteiger partial charge < -0.3 is 15.2 Å². The maximum atomic E-state index is 12.6. The van der Waals surface area contributed by atoms with Crippen molar-refractivity contribution in [1.82, 2.24) is 15.1 Å². The summed E-state index contributed by atoms with van der Waals surface area (Å²) in [6, 6.07) is 14.4. The van der Waals surface area contributed by atoms with Crippen molar-refractivity contribution in [2.45, 2.75) is 45.7 Å². The molecule has 0 saturated heterocycles. The van der Waals surface area contributed by atoms with E-state index in [9.17, 15) is 14.7 Å². The summed E-state index contributed by atoms with van der Waals surface area (Å²) in [7, 11) is 0. The number of carboxylic acids is 1. The molecule has 2 N–H and O–H groups in total. The van der Waals surface area contributed by atoms with Crippen molar-refractivity contribution < 1.29 is 19.4 Å². The monoisotopic (exact) mass is 433 g/mol. The first kappa shape index (κ1) is 21.6. The lowest BCUT2D eigenvalue weighted by molar-refractivity contribution is -0.140. The quantitative estimate of drug-likeness (QED) is 0.602. The number of hydrogen-bond donors (Lipinski definition) is 2. The van der Waals surface area contributed by atoms with Crippen LogP contribution >= 0.6 is 0 Å². The Morgan fingerprint density at radius 1 is 1.06 bits per heavy atom. The summed E-state index contributed by atoms with van der Waals surface area (Å²) in [5.74, 6) is -1.23. The lowest BCUT2D eigenvalue weighted by atomic mass is 9.98. The van der Waals surface area contributed by atoms with Gasteiger partial charge in [-0.25, -0.2) is 9.59 Å². The maximum Gasteiger partial charge on any atom is 0.407 e. The second-order valence-electron chi connectivity index (χ2n) is 8.27. The number of aliphatic carboxylic acids is 1. The van der Waals surface area contributed by atoms with E-state index >= 15 is 0 Å². The van der Waals surface area contributed by atoms with Crippen LogP contribution in [0.25, 0.3) is 11.1 Å². The minimum Gasteiger partial charge on any atom is -0.480 e. The van der Waals surface area contributed by atoms with E-state index in [2.05, 4.69) is 22.5 Å². The predicted molar refractivity (Wildman–Crippen MR) is 121 cm³/mol. The third-order valence-electron chi connectivity index (χ3n) is 6.44. The molecule has 0 fully saturated rings. The van der Waals surface area contributed by atoms with Crippen LogP contribution < -0.4 is 5.32 Å². The molecule has 0 aliphatic heterocycles. The molecule has 1 aliphatic carbocycles. The number of carbonyl (C=O) groups excluding carboxylic acids is 1. The number of carboxylic acid groups (broad SMARTS) is 1. The minimum absolute atomic E-state index is 0.0903. The van der Waals surface area contributed by atoms with Crippen LogP contribution in [0.4, 0.5) is 4.79 Å². The van der Waals surface area contributed by atoms with Crippen molar-refractivity contribution in [2.24, 2.45) is 0 Å². The Labute approximate surface area is 187 Å². The number of rotatable bonds is 6. The molecule has 3 aromatic rings. The summed E-state index contributed by atoms with van der Waals surface area (Å²) < 4.78 is 7.17. The largest absolute Gasteiger partial charge is 0.480 e. The van der Waals surface area contributed by atoms with Gasteiger partial charge in [-0.1, -0.05) is 48.5 Å². The van der Waals surface area contributed by atoms with Crippen LogP contribution in [-0.4, -0.2) is 39.6 Å². The first-order valence-electron chi connectivity index (χ1n) is 10.7. The van der Waals surface area contributed by atoms with E-state index in [1.54, 1.807) is 11.6 Å². The average molecular weight is 434 g/mol. The SMILES string of the molecule is Cc1nn(C(C)C(NC(=O)OCC2c3ccccc3-c3ccccc32)C(=O)O)c(C)c1C. The zero-order chi connectivity index (χ0) is 23.0. The molecule has 2 atom stereocenters. The van der Waals surface area contributed by atoms with Crippen LogP contribution in [-0.2, 0) is 9.53 Å². The molecule has 0 spiro atoms. The van der Waals surface area contributed by atoms with Crippen LogP contribution in [0.1, 0.15) is 47.0 Å². The highest BCUT2D eigenvalue weighted by Crippen LogP contribution is 2.44. The first-order valence-corrected chi connectivity index (χ1v) is 10.7. The molecule has 0 radical (unpaired) electrons. The Hall–Kier alpha value is -3.61. The summed E-state index contributed by atoms with van der Waals surface area (Å²) in [4.78, 5) is 24.5. The van der Waals surface area contributed by atoms with Crippen LogP contribution in [0, 0.1) is 20.8 Å². The molecular weight excluding hydrogens is 406 g/mol. The highest BCUT2D eigenvalue weighted by Gasteiger charge is 2.32. The number of carbonyl (C=O) groups is 2. The molecule has 1 aromatic heterocycles. The molecule has 32 heavy (non-hydrogen) atoms. The number of nitrogens with one attached hydrogen (secondary N) is 1. The van der Waals surface area contributed by atoms with Gasteiger partial charge in [-0.05, 0) is 55.5 Å². The van der Waals surface area contributed by atoms with E-state index in [0.717, 1.165) is 39.2 Å². The molecule has 2 aromatic carbocycles. The van der Waals surface area contributed by atoms with E-state index in [-0.39, 0.29) is 12.5 Å². The van der Waals surface area contributed by atoms with Crippen LogP contribution in [0.3, 0.4) is 0 Å². The number of amides is 1. The van der Waals surface area contributed by atoms with E-state index in [1.165, 1.54) is 0 Å². The lowest BCUT2D eigenvalue weighted by Crippen LogP contribution is -2.46. The Kier molecular flexibility index (Phi) is 5.74. The third-order valence-corrected chi connectivity index (χ3v) is 6.44. The van der Waals surface area contributed by atoms with Crippen molar-refractivity contribution >= 4 is 12.1 Å². The summed E-state index contributed by atoms with van der Waals surface area (Å²) in [6.07, 6.45) is -0.760. The Bertz CT molecular complexity index is 1140. The van der Waals surface area contributed by atoms with E-state index in [0.29, 0.717) is 0 Å². The molecule has 1 amide bonds. The number of alkyl carbamates (subject to hydrolysis) is 1. The summed E-state index contributed by atoms with van der Waals surface area (Å²) in [6.45, 7) is 7.55. The fourth-order valence-electron chi connectivity index (χ4n) is 4.44. The van der Waals surface area contributed by atoms with Gasteiger partial charge in [-0.15, -0.1) is 0 Å². The molecule has 0 bridgehead atoms. The van der Waals surface area contributed by atoms with Crippen LogP contribution in [0.2, 0.25) is 0 Å². The molecule has 4 rings (SSSR count). The van der Waals surface area contributed by atoms with Crippen molar-refractivity contribution in [3.63, 3.8) is 0 Å². The zero-order valence-corrected chi connectivity index (χ0v) is 18.6. The van der Waals surface area contributed by atoms with Gasteiger partial charge in [0, 0.05) is 11.6 Å². The van der Waals surface area contributed by atoms with Gasteiger partial charge in [0.1, 0.15) is 6.61 Å². The molecule has 166 valence electrons. The standard InChI is InChI=1S/C25H27N3O4/c1-14-15(2)27-28(16(14)3)17(4)23(24(29)30)26-25(31)32-13-22-20-11-7-5-9-18(20)19-10-6-8-12-21(19)22/h5-12,17,22-23H,13H2,1-4H3,(H,26,31)(H,29,30). The average Bonchev–Trinajstić information content (AvgIpc) is 3.24. The Morgan fingerprint density at radius 3 is 2.12 bits per heavy atom. The number of ether oxygens (including phenoxy) is 1. The second-order valence-corrected chi connectivity index (χ2v) is 8.27. The first-order chi connectivity index (χ1) is 15.3. The van der Waals surface area contributed by atoms with Gasteiger partial charge >= 0.3 is 12.1 Å². The Balaban J connectivity index is 1.48. The fourth-order valence-corrected chi connectivity index (χ4v) is 4.44. The van der Waals surface area contributed by atoms with Crippen molar-refractivity contribution in [3.05, 3.63) is 76.6 Å². The van der Waals surface area contributed by atoms with Gasteiger partial charge in [0.15, 0.2) is 6.04 Å². The molecule has 2 unspecified atom stereocenters. The Morgan fingerprint density at radius 2 is 1.62 bits per heavy atom. The van der Waals surface area contributed by atoms with Crippen LogP contribution in [0.5, 0.6) is 0 Å². The van der Waals surface area contributed by atoms with Gasteiger partial charge in [0.05, 0.1) is 11.7 Å². The number of nitrogens with zero attached hydrogens (tertiary/aromatic N) is 2. The van der Waals surface area contributed by atoms with Crippen molar-refractivity contribution in [2.75, 3.05) is 6.61 Å². The molecule has 7 heteroatoms. The number of aromatic nitrogens is 2. The highest BCUT2D eigenvalue weighted by molar-refractivity contribution is 5.81. The van der Waals surface area contributed by atoms with E-state index < -0.39 is 24.1 Å². The van der Waals surface area contributed by atoms with Crippen LogP contribution in [0.15, 0.2) is 48.5 Å². The zero-order valence-electron chi connectivity index (χ0n) is 18.6. The maximum absolute atomic E-state index is 12.6. The number of benzene rings is 2. The molecule has 1 aliphatic rings. The highest BCUT2D eigenvalue weighted by atomic mass is 16.5. The predicted octanol–water partition coefficient (Wildman–Crippen LogP) is 4.36. The topological polar surface area (TPSA) is 93.5 Å². The fraction of sp³-hybridized carbons (Fsp3) is 0.320. The van der Waals surface area contributed by atoms with Gasteiger partial charge in [0.2, 0.25) is 0 Å². The normalized spacial score (nSPS) is 14.4. The summed E-state index contributed by atoms with van der Waals surface area (Å²) >= 11 is 0. The summed E-state index contributed by atoms with van der Waals surface area (Å²) in [5, 5.41) is 16.7. The number of fused-ring (bicyclic) bond motifs is 3. The second kappa shape index (κ2) is 8.49. The molecule has 1 heterocycles. The molecule has 7 nitrogen and oxygen atoms in total. The van der Waals surface area contributed by atoms with E-state index in [4.69, 9.17) is 4.74 Å². The van der Waals surface area contributed by atoms with Gasteiger partial charge in [-0.2, -0.15) is 5.10 Å². The van der Waals surface area contributed by atoms with Crippen molar-refractivity contribution in [3.8, 4) is 11.1 Å². The number of aryl methyl sites for hydroxylation is 1. The lowest BCUT2D eigenvalue weighted by Gasteiger charge is -2.23. The third kappa shape index (κ3) is 3.75. The smallest absolute Gasteiger partial charge is 0.407 e. The molecule has 0 saturated carbocycles. The van der Waals surface area contributed by atoms with Gasteiger partial charge in [0.25, 0.3) is 0 Å². The van der Waals surface area contributed by atoms with E-state index in [1.807, 2.05) is 57.2 Å². The summed E-state index contributed by atoms with van der Waals surface area (Å²) in [5.41, 5.74) is 7.17.